The molecular formula is C18H22F3NO3. The van der Waals surface area contributed by atoms with Crippen LogP contribution in [0.25, 0.3) is 0 Å². The number of alkyl halides is 3. The van der Waals surface area contributed by atoms with Gasteiger partial charge in [0.2, 0.25) is 5.91 Å². The van der Waals surface area contributed by atoms with Crippen molar-refractivity contribution in [3.63, 3.8) is 0 Å². The molecule has 0 aliphatic carbocycles. The van der Waals surface area contributed by atoms with Gasteiger partial charge in [-0.15, -0.1) is 0 Å². The van der Waals surface area contributed by atoms with E-state index in [0.717, 1.165) is 25.0 Å². The standard InChI is InChI=1S/C18H22F3NO3/c19-18(20,21)14-2-1-3-16(12-14)25-15-4-8-22(9-5-15)17(23)13-6-10-24-11-7-13/h1-3,12-13,15H,4-11H2. The number of amides is 1. The highest BCUT2D eigenvalue weighted by molar-refractivity contribution is 5.79. The molecule has 0 saturated carbocycles. The third kappa shape index (κ3) is 4.66. The third-order valence-corrected chi connectivity index (χ3v) is 4.79. The van der Waals surface area contributed by atoms with Crippen molar-refractivity contribution in [3.05, 3.63) is 29.8 Å². The summed E-state index contributed by atoms with van der Waals surface area (Å²) >= 11 is 0. The quantitative estimate of drug-likeness (QED) is 0.831. The van der Waals surface area contributed by atoms with Gasteiger partial charge in [-0.3, -0.25) is 4.79 Å². The van der Waals surface area contributed by atoms with Crippen molar-refractivity contribution in [1.29, 1.82) is 0 Å². The van der Waals surface area contributed by atoms with Gasteiger partial charge in [0.25, 0.3) is 0 Å². The van der Waals surface area contributed by atoms with Crippen molar-refractivity contribution in [2.45, 2.75) is 38.0 Å². The molecular weight excluding hydrogens is 335 g/mol. The SMILES string of the molecule is O=C(C1CCOCC1)N1CCC(Oc2cccc(C(F)(F)F)c2)CC1. The van der Waals surface area contributed by atoms with Crippen LogP contribution in [-0.2, 0) is 15.7 Å². The second kappa shape index (κ2) is 7.64. The summed E-state index contributed by atoms with van der Waals surface area (Å²) < 4.78 is 49.3. The Morgan fingerprint density at radius 1 is 1.12 bits per heavy atom. The Labute approximate surface area is 144 Å². The summed E-state index contributed by atoms with van der Waals surface area (Å²) in [5.41, 5.74) is -0.711. The van der Waals surface area contributed by atoms with Gasteiger partial charge in [0, 0.05) is 45.1 Å². The van der Waals surface area contributed by atoms with E-state index in [1.807, 2.05) is 4.90 Å². The number of carbonyl (C=O) groups is 1. The van der Waals surface area contributed by atoms with Crippen molar-refractivity contribution < 1.29 is 27.4 Å². The minimum absolute atomic E-state index is 0.0367. The molecule has 1 amide bonds. The maximum Gasteiger partial charge on any atom is 0.416 e. The van der Waals surface area contributed by atoms with E-state index in [1.165, 1.54) is 12.1 Å². The van der Waals surface area contributed by atoms with E-state index in [1.54, 1.807) is 0 Å². The summed E-state index contributed by atoms with van der Waals surface area (Å²) in [6, 6.07) is 4.94. The fourth-order valence-electron chi connectivity index (χ4n) is 3.33. The van der Waals surface area contributed by atoms with Crippen LogP contribution in [-0.4, -0.2) is 43.2 Å². The van der Waals surface area contributed by atoms with Crippen LogP contribution < -0.4 is 4.74 Å². The maximum absolute atomic E-state index is 12.8. The van der Waals surface area contributed by atoms with Crippen molar-refractivity contribution in [1.82, 2.24) is 4.90 Å². The van der Waals surface area contributed by atoms with Crippen LogP contribution in [0.5, 0.6) is 5.75 Å². The van der Waals surface area contributed by atoms with Gasteiger partial charge in [-0.25, -0.2) is 0 Å². The molecule has 0 unspecified atom stereocenters. The van der Waals surface area contributed by atoms with Gasteiger partial charge in [0.15, 0.2) is 0 Å². The zero-order valence-corrected chi connectivity index (χ0v) is 13.9. The molecule has 4 nitrogen and oxygen atoms in total. The average Bonchev–Trinajstić information content (AvgIpc) is 2.62. The third-order valence-electron chi connectivity index (χ3n) is 4.79. The molecule has 0 bridgehead atoms. The molecule has 2 heterocycles. The molecule has 1 aromatic carbocycles. The van der Waals surface area contributed by atoms with E-state index in [4.69, 9.17) is 9.47 Å². The fraction of sp³-hybridized carbons (Fsp3) is 0.611. The molecule has 0 atom stereocenters. The molecule has 0 N–H and O–H groups in total. The molecule has 0 radical (unpaired) electrons. The van der Waals surface area contributed by atoms with Crippen LogP contribution in [0.2, 0.25) is 0 Å². The first-order valence-electron chi connectivity index (χ1n) is 8.64. The second-order valence-corrected chi connectivity index (χ2v) is 6.55. The Hall–Kier alpha value is -1.76. The minimum atomic E-state index is -4.38. The zero-order chi connectivity index (χ0) is 17.9. The highest BCUT2D eigenvalue weighted by Crippen LogP contribution is 2.32. The molecule has 2 aliphatic heterocycles. The van der Waals surface area contributed by atoms with E-state index in [0.29, 0.717) is 39.1 Å². The van der Waals surface area contributed by atoms with Crippen LogP contribution in [0.3, 0.4) is 0 Å². The van der Waals surface area contributed by atoms with Gasteiger partial charge in [-0.05, 0) is 31.0 Å². The van der Waals surface area contributed by atoms with Gasteiger partial charge in [-0.2, -0.15) is 13.2 Å². The Morgan fingerprint density at radius 2 is 1.80 bits per heavy atom. The van der Waals surface area contributed by atoms with Crippen LogP contribution >= 0.6 is 0 Å². The van der Waals surface area contributed by atoms with Gasteiger partial charge < -0.3 is 14.4 Å². The molecule has 3 rings (SSSR count). The predicted molar refractivity (Wildman–Crippen MR) is 85.2 cm³/mol. The number of likely N-dealkylation sites (tertiary alicyclic amines) is 1. The van der Waals surface area contributed by atoms with Crippen LogP contribution in [0.15, 0.2) is 24.3 Å². The molecule has 2 aliphatic rings. The normalized spacial score (nSPS) is 20.5. The zero-order valence-electron chi connectivity index (χ0n) is 13.9. The molecule has 1 aromatic rings. The first-order chi connectivity index (χ1) is 11.9. The summed E-state index contributed by atoms with van der Waals surface area (Å²) in [6.07, 6.45) is -1.75. The van der Waals surface area contributed by atoms with Crippen LogP contribution in [0, 0.1) is 5.92 Å². The monoisotopic (exact) mass is 357 g/mol. The Morgan fingerprint density at radius 3 is 2.44 bits per heavy atom. The lowest BCUT2D eigenvalue weighted by Crippen LogP contribution is -2.45. The van der Waals surface area contributed by atoms with Crippen LogP contribution in [0.4, 0.5) is 13.2 Å². The number of ether oxygens (including phenoxy) is 2. The molecule has 138 valence electrons. The largest absolute Gasteiger partial charge is 0.490 e. The number of hydrogen-bond acceptors (Lipinski definition) is 3. The number of piperidine rings is 1. The molecule has 0 aromatic heterocycles. The lowest BCUT2D eigenvalue weighted by atomic mass is 9.97. The van der Waals surface area contributed by atoms with E-state index in [9.17, 15) is 18.0 Å². The topological polar surface area (TPSA) is 38.8 Å². The predicted octanol–water partition coefficient (Wildman–Crippen LogP) is 3.50. The van der Waals surface area contributed by atoms with Gasteiger partial charge >= 0.3 is 6.18 Å². The molecule has 7 heteroatoms. The van der Waals surface area contributed by atoms with Gasteiger partial charge in [0.05, 0.1) is 5.56 Å². The Bertz CT molecular complexity index is 591. The summed E-state index contributed by atoms with van der Waals surface area (Å²) in [4.78, 5) is 14.3. The first kappa shape index (κ1) is 18.0. The second-order valence-electron chi connectivity index (χ2n) is 6.55. The number of benzene rings is 1. The highest BCUT2D eigenvalue weighted by Gasteiger charge is 2.32. The Kier molecular flexibility index (Phi) is 5.51. The number of hydrogen-bond donors (Lipinski definition) is 0. The van der Waals surface area contributed by atoms with Crippen molar-refractivity contribution in [2.24, 2.45) is 5.92 Å². The van der Waals surface area contributed by atoms with E-state index >= 15 is 0 Å². The highest BCUT2D eigenvalue weighted by atomic mass is 19.4. The van der Waals surface area contributed by atoms with Crippen molar-refractivity contribution >= 4 is 5.91 Å². The number of carbonyl (C=O) groups excluding carboxylic acids is 1. The maximum atomic E-state index is 12.8. The van der Waals surface area contributed by atoms with E-state index < -0.39 is 11.7 Å². The fourth-order valence-corrected chi connectivity index (χ4v) is 3.33. The summed E-state index contributed by atoms with van der Waals surface area (Å²) in [6.45, 7) is 2.43. The number of halogens is 3. The molecule has 25 heavy (non-hydrogen) atoms. The van der Waals surface area contributed by atoms with Gasteiger partial charge in [0.1, 0.15) is 11.9 Å². The number of nitrogens with zero attached hydrogens (tertiary/aromatic N) is 1. The molecule has 2 saturated heterocycles. The lowest BCUT2D eigenvalue weighted by Gasteiger charge is -2.35. The summed E-state index contributed by atoms with van der Waals surface area (Å²) in [5.74, 6) is 0.430. The van der Waals surface area contributed by atoms with Crippen molar-refractivity contribution in [3.8, 4) is 5.75 Å². The summed E-state index contributed by atoms with van der Waals surface area (Å²) in [7, 11) is 0. The number of rotatable bonds is 3. The van der Waals surface area contributed by atoms with Gasteiger partial charge in [-0.1, -0.05) is 6.07 Å². The lowest BCUT2D eigenvalue weighted by molar-refractivity contribution is -0.140. The van der Waals surface area contributed by atoms with Crippen LogP contribution in [0.1, 0.15) is 31.2 Å². The summed E-state index contributed by atoms with van der Waals surface area (Å²) in [5, 5.41) is 0. The minimum Gasteiger partial charge on any atom is -0.490 e. The van der Waals surface area contributed by atoms with E-state index in [2.05, 4.69) is 0 Å². The average molecular weight is 357 g/mol. The Balaban J connectivity index is 1.52. The van der Waals surface area contributed by atoms with Crippen molar-refractivity contribution in [2.75, 3.05) is 26.3 Å². The smallest absolute Gasteiger partial charge is 0.416 e. The van der Waals surface area contributed by atoms with E-state index in [-0.39, 0.29) is 23.7 Å². The molecule has 2 fully saturated rings. The molecule has 0 spiro atoms. The first-order valence-corrected chi connectivity index (χ1v) is 8.64.